The highest BCUT2D eigenvalue weighted by Gasteiger charge is 2.06. The number of nitrogens with one attached hydrogen (secondary N) is 1. The average molecular weight is 480 g/mol. The molecule has 0 aliphatic heterocycles. The van der Waals surface area contributed by atoms with Crippen LogP contribution in [0.3, 0.4) is 0 Å². The lowest BCUT2D eigenvalue weighted by molar-refractivity contribution is 0.332. The molecule has 0 atom stereocenters. The molecule has 0 amide bonds. The number of halogens is 3. The number of ether oxygens (including phenoxy) is 2. The second-order valence-corrected chi connectivity index (χ2v) is 6.82. The predicted molar refractivity (Wildman–Crippen MR) is 96.5 cm³/mol. The summed E-state index contributed by atoms with van der Waals surface area (Å²) >= 11 is 10.4. The molecule has 1 N–H and O–H groups in total. The lowest BCUT2D eigenvalue weighted by Crippen LogP contribution is -2.11. The minimum Gasteiger partial charge on any atom is -0.495 e. The largest absolute Gasteiger partial charge is 0.495 e. The van der Waals surface area contributed by atoms with Gasteiger partial charge in [0.2, 0.25) is 0 Å². The van der Waals surface area contributed by atoms with Crippen molar-refractivity contribution in [1.29, 1.82) is 0 Å². The zero-order valence-electron chi connectivity index (χ0n) is 11.3. The molecule has 2 aromatic rings. The first-order valence-corrected chi connectivity index (χ1v) is 8.63. The zero-order valence-corrected chi connectivity index (χ0v) is 16.1. The third kappa shape index (κ3) is 4.90. The van der Waals surface area contributed by atoms with Gasteiger partial charge in [0.1, 0.15) is 18.1 Å². The Morgan fingerprint density at radius 1 is 1.05 bits per heavy atom. The number of hydrogen-bond acceptors (Lipinski definition) is 3. The molecule has 0 saturated heterocycles. The van der Waals surface area contributed by atoms with E-state index in [9.17, 15) is 0 Å². The SMILES string of the molecule is COc1cc(NCCOc2cccc(Br)c2)c(Br)cc1Br. The van der Waals surface area contributed by atoms with Crippen LogP contribution in [0.5, 0.6) is 11.5 Å². The molecule has 21 heavy (non-hydrogen) atoms. The molecule has 0 bridgehead atoms. The van der Waals surface area contributed by atoms with Crippen molar-refractivity contribution in [2.24, 2.45) is 0 Å². The number of hydrogen-bond donors (Lipinski definition) is 1. The van der Waals surface area contributed by atoms with E-state index in [1.165, 1.54) is 0 Å². The maximum Gasteiger partial charge on any atom is 0.135 e. The second-order valence-electron chi connectivity index (χ2n) is 4.20. The Morgan fingerprint density at radius 3 is 2.57 bits per heavy atom. The van der Waals surface area contributed by atoms with Gasteiger partial charge in [-0.25, -0.2) is 0 Å². The number of rotatable bonds is 6. The molecule has 2 aromatic carbocycles. The molecule has 3 nitrogen and oxygen atoms in total. The summed E-state index contributed by atoms with van der Waals surface area (Å²) in [5.74, 6) is 1.63. The van der Waals surface area contributed by atoms with Crippen molar-refractivity contribution in [3.05, 3.63) is 49.8 Å². The van der Waals surface area contributed by atoms with Crippen LogP contribution in [0.4, 0.5) is 5.69 Å². The summed E-state index contributed by atoms with van der Waals surface area (Å²) in [6, 6.07) is 11.7. The van der Waals surface area contributed by atoms with E-state index >= 15 is 0 Å². The van der Waals surface area contributed by atoms with Crippen LogP contribution >= 0.6 is 47.8 Å². The highest BCUT2D eigenvalue weighted by molar-refractivity contribution is 9.11. The van der Waals surface area contributed by atoms with Gasteiger partial charge in [-0.1, -0.05) is 22.0 Å². The minimum atomic E-state index is 0.571. The van der Waals surface area contributed by atoms with Gasteiger partial charge >= 0.3 is 0 Å². The molecular weight excluding hydrogens is 466 g/mol. The Labute approximate surface area is 149 Å². The van der Waals surface area contributed by atoms with Crippen molar-refractivity contribution in [3.8, 4) is 11.5 Å². The van der Waals surface area contributed by atoms with Gasteiger partial charge in [-0.05, 0) is 56.1 Å². The topological polar surface area (TPSA) is 30.5 Å². The maximum atomic E-state index is 5.68. The molecule has 0 saturated carbocycles. The fraction of sp³-hybridized carbons (Fsp3) is 0.200. The van der Waals surface area contributed by atoms with E-state index in [0.717, 1.165) is 30.6 Å². The van der Waals surface area contributed by atoms with E-state index in [1.54, 1.807) is 7.11 Å². The lowest BCUT2D eigenvalue weighted by Gasteiger charge is -2.12. The Hall–Kier alpha value is -0.720. The van der Waals surface area contributed by atoms with Crippen molar-refractivity contribution >= 4 is 53.5 Å². The second kappa shape index (κ2) is 8.06. The van der Waals surface area contributed by atoms with Gasteiger partial charge in [0.25, 0.3) is 0 Å². The number of benzene rings is 2. The summed E-state index contributed by atoms with van der Waals surface area (Å²) in [6.07, 6.45) is 0. The van der Waals surface area contributed by atoms with Gasteiger partial charge < -0.3 is 14.8 Å². The van der Waals surface area contributed by atoms with Crippen molar-refractivity contribution in [1.82, 2.24) is 0 Å². The van der Waals surface area contributed by atoms with Crippen LogP contribution in [-0.4, -0.2) is 20.3 Å². The molecule has 0 aromatic heterocycles. The first-order valence-electron chi connectivity index (χ1n) is 6.25. The monoisotopic (exact) mass is 477 g/mol. The van der Waals surface area contributed by atoms with E-state index in [-0.39, 0.29) is 0 Å². The smallest absolute Gasteiger partial charge is 0.135 e. The van der Waals surface area contributed by atoms with Gasteiger partial charge in [0.15, 0.2) is 0 Å². The molecule has 0 heterocycles. The van der Waals surface area contributed by atoms with Crippen molar-refractivity contribution in [3.63, 3.8) is 0 Å². The predicted octanol–water partition coefficient (Wildman–Crippen LogP) is 5.47. The van der Waals surface area contributed by atoms with E-state index in [0.29, 0.717) is 13.2 Å². The molecular formula is C15H14Br3NO2. The molecule has 0 fully saturated rings. The van der Waals surface area contributed by atoms with E-state index < -0.39 is 0 Å². The molecule has 0 aliphatic carbocycles. The van der Waals surface area contributed by atoms with Gasteiger partial charge in [0, 0.05) is 21.6 Å². The summed E-state index contributed by atoms with van der Waals surface area (Å²) in [4.78, 5) is 0. The highest BCUT2D eigenvalue weighted by atomic mass is 79.9. The standard InChI is InChI=1S/C15H14Br3NO2/c1-20-15-9-14(12(17)8-13(15)18)19-5-6-21-11-4-2-3-10(16)7-11/h2-4,7-9,19H,5-6H2,1H3. The first-order chi connectivity index (χ1) is 10.1. The Morgan fingerprint density at radius 2 is 1.86 bits per heavy atom. The molecule has 0 unspecified atom stereocenters. The first kappa shape index (κ1) is 16.6. The molecule has 2 rings (SSSR count). The summed E-state index contributed by atoms with van der Waals surface area (Å²) in [7, 11) is 1.65. The van der Waals surface area contributed by atoms with Gasteiger partial charge in [0.05, 0.1) is 17.3 Å². The Balaban J connectivity index is 1.89. The maximum absolute atomic E-state index is 5.68. The third-order valence-corrected chi connectivity index (χ3v) is 4.49. The van der Waals surface area contributed by atoms with E-state index in [2.05, 4.69) is 53.1 Å². The van der Waals surface area contributed by atoms with Crippen LogP contribution in [0, 0.1) is 0 Å². The fourth-order valence-electron chi connectivity index (χ4n) is 1.73. The van der Waals surface area contributed by atoms with E-state index in [1.807, 2.05) is 36.4 Å². The summed E-state index contributed by atoms with van der Waals surface area (Å²) in [5.41, 5.74) is 0.966. The zero-order chi connectivity index (χ0) is 15.2. The number of methoxy groups -OCH3 is 1. The van der Waals surface area contributed by atoms with Crippen LogP contribution in [0.2, 0.25) is 0 Å². The molecule has 0 radical (unpaired) electrons. The van der Waals surface area contributed by atoms with Crippen LogP contribution in [0.1, 0.15) is 0 Å². The normalized spacial score (nSPS) is 10.3. The van der Waals surface area contributed by atoms with Gasteiger partial charge in [-0.15, -0.1) is 0 Å². The summed E-state index contributed by atoms with van der Waals surface area (Å²) in [6.45, 7) is 1.26. The molecule has 6 heteroatoms. The Kier molecular flexibility index (Phi) is 6.39. The van der Waals surface area contributed by atoms with Gasteiger partial charge in [-0.2, -0.15) is 0 Å². The molecule has 0 aliphatic rings. The van der Waals surface area contributed by atoms with Gasteiger partial charge in [-0.3, -0.25) is 0 Å². The van der Waals surface area contributed by atoms with Crippen LogP contribution < -0.4 is 14.8 Å². The van der Waals surface area contributed by atoms with Crippen LogP contribution in [0.25, 0.3) is 0 Å². The summed E-state index contributed by atoms with van der Waals surface area (Å²) < 4.78 is 13.9. The third-order valence-electron chi connectivity index (χ3n) is 2.72. The van der Waals surface area contributed by atoms with Crippen molar-refractivity contribution in [2.75, 3.05) is 25.6 Å². The Bertz CT molecular complexity index is 620. The van der Waals surface area contributed by atoms with Crippen molar-refractivity contribution < 1.29 is 9.47 Å². The quantitative estimate of drug-likeness (QED) is 0.557. The van der Waals surface area contributed by atoms with Crippen molar-refractivity contribution in [2.45, 2.75) is 0 Å². The highest BCUT2D eigenvalue weighted by Crippen LogP contribution is 2.34. The summed E-state index contributed by atoms with van der Waals surface area (Å²) in [5, 5.41) is 3.32. The molecule has 112 valence electrons. The van der Waals surface area contributed by atoms with Crippen LogP contribution in [0.15, 0.2) is 49.8 Å². The molecule has 0 spiro atoms. The average Bonchev–Trinajstić information content (AvgIpc) is 2.45. The fourth-order valence-corrected chi connectivity index (χ4v) is 3.41. The number of anilines is 1. The van der Waals surface area contributed by atoms with E-state index in [4.69, 9.17) is 9.47 Å². The van der Waals surface area contributed by atoms with Crippen LogP contribution in [-0.2, 0) is 0 Å². The lowest BCUT2D eigenvalue weighted by atomic mass is 10.3. The minimum absolute atomic E-state index is 0.571.